The lowest BCUT2D eigenvalue weighted by Crippen LogP contribution is -2.31. The number of hydrogen-bond donors (Lipinski definition) is 2. The number of carbonyl (C=O) groups excluding carboxylic acids is 1. The number of halogens is 1. The Morgan fingerprint density at radius 1 is 1.25 bits per heavy atom. The molecule has 0 saturated heterocycles. The van der Waals surface area contributed by atoms with Crippen molar-refractivity contribution in [2.45, 2.75) is 20.0 Å². The maximum absolute atomic E-state index is 12.2. The highest BCUT2D eigenvalue weighted by Gasteiger charge is 2.19. The number of aromatic carboxylic acids is 1. The Bertz CT molecular complexity index is 791. The highest BCUT2D eigenvalue weighted by atomic mass is 35.5. The number of anilines is 1. The summed E-state index contributed by atoms with van der Waals surface area (Å²) in [5.74, 6) is -1.79. The molecule has 2 aromatic rings. The number of hydrogen-bond acceptors (Lipinski definition) is 4. The summed E-state index contributed by atoms with van der Waals surface area (Å²) in [6.07, 6.45) is -0.876. The lowest BCUT2D eigenvalue weighted by atomic mass is 10.1. The molecule has 1 atom stereocenters. The molecule has 0 radical (unpaired) electrons. The quantitative estimate of drug-likeness (QED) is 0.865. The largest absolute Gasteiger partial charge is 0.872 e. The Hall–Kier alpha value is -2.73. The molecule has 0 aliphatic carbocycles. The monoisotopic (exact) mass is 348 g/mol. The fourth-order valence-electron chi connectivity index (χ4n) is 2.03. The van der Waals surface area contributed by atoms with Gasteiger partial charge in [-0.3, -0.25) is 4.79 Å². The van der Waals surface area contributed by atoms with Gasteiger partial charge in [-0.25, -0.2) is 4.79 Å². The first-order chi connectivity index (χ1) is 11.3. The molecule has 0 aliphatic rings. The van der Waals surface area contributed by atoms with E-state index in [9.17, 15) is 14.7 Å². The minimum Gasteiger partial charge on any atom is -0.872 e. The van der Waals surface area contributed by atoms with Crippen LogP contribution in [0.15, 0.2) is 36.4 Å². The fraction of sp³-hybridized carbons (Fsp3) is 0.176. The predicted octanol–water partition coefficient (Wildman–Crippen LogP) is 2.83. The number of carboxylic acids is 1. The topological polar surface area (TPSA) is 98.7 Å². The van der Waals surface area contributed by atoms with E-state index in [0.717, 1.165) is 11.6 Å². The molecule has 2 aromatic carbocycles. The van der Waals surface area contributed by atoms with Gasteiger partial charge in [-0.1, -0.05) is 23.7 Å². The van der Waals surface area contributed by atoms with Crippen molar-refractivity contribution in [2.24, 2.45) is 0 Å². The Kier molecular flexibility index (Phi) is 5.31. The molecule has 126 valence electrons. The summed E-state index contributed by atoms with van der Waals surface area (Å²) >= 11 is 5.87. The van der Waals surface area contributed by atoms with Crippen LogP contribution in [0.1, 0.15) is 22.8 Å². The molecule has 0 spiro atoms. The van der Waals surface area contributed by atoms with Crippen LogP contribution in [0.25, 0.3) is 0 Å². The molecule has 0 aromatic heterocycles. The highest BCUT2D eigenvalue weighted by molar-refractivity contribution is 6.30. The number of aryl methyl sites for hydroxylation is 1. The van der Waals surface area contributed by atoms with Gasteiger partial charge in [0.2, 0.25) is 0 Å². The average Bonchev–Trinajstić information content (AvgIpc) is 2.51. The molecule has 0 heterocycles. The SMILES string of the molecule is Cc1cc(Cl)ccc1O[C@H](C)C(=O)Nc1ccc([O-])cc1C(=O)O. The van der Waals surface area contributed by atoms with Crippen LogP contribution in [0.4, 0.5) is 5.69 Å². The smallest absolute Gasteiger partial charge is 0.337 e. The summed E-state index contributed by atoms with van der Waals surface area (Å²) in [4.78, 5) is 23.4. The first-order valence-electron chi connectivity index (χ1n) is 7.06. The molecule has 24 heavy (non-hydrogen) atoms. The van der Waals surface area contributed by atoms with Gasteiger partial charge in [0.05, 0.1) is 11.3 Å². The van der Waals surface area contributed by atoms with Crippen molar-refractivity contribution in [3.63, 3.8) is 0 Å². The maximum Gasteiger partial charge on any atom is 0.337 e. The third kappa shape index (κ3) is 4.17. The van der Waals surface area contributed by atoms with Crippen molar-refractivity contribution in [3.05, 3.63) is 52.5 Å². The molecule has 6 nitrogen and oxygen atoms in total. The number of ether oxygens (including phenoxy) is 1. The van der Waals surface area contributed by atoms with Gasteiger partial charge in [-0.15, -0.1) is 5.75 Å². The molecule has 0 bridgehead atoms. The molecule has 0 fully saturated rings. The highest BCUT2D eigenvalue weighted by Crippen LogP contribution is 2.24. The zero-order chi connectivity index (χ0) is 17.9. The van der Waals surface area contributed by atoms with Crippen LogP contribution in [0, 0.1) is 6.92 Å². The molecule has 1 amide bonds. The minimum atomic E-state index is -1.30. The van der Waals surface area contributed by atoms with Crippen molar-refractivity contribution in [3.8, 4) is 11.5 Å². The van der Waals surface area contributed by atoms with Gasteiger partial charge in [0.1, 0.15) is 5.75 Å². The van der Waals surface area contributed by atoms with Gasteiger partial charge in [0, 0.05) is 5.02 Å². The van der Waals surface area contributed by atoms with E-state index in [1.807, 2.05) is 0 Å². The number of rotatable bonds is 5. The predicted molar refractivity (Wildman–Crippen MR) is 87.8 cm³/mol. The number of nitrogens with one attached hydrogen (secondary N) is 1. The Labute approximate surface area is 143 Å². The van der Waals surface area contributed by atoms with Gasteiger partial charge < -0.3 is 20.3 Å². The number of carbonyl (C=O) groups is 2. The van der Waals surface area contributed by atoms with E-state index in [1.54, 1.807) is 25.1 Å². The van der Waals surface area contributed by atoms with Crippen LogP contribution in [0.3, 0.4) is 0 Å². The van der Waals surface area contributed by atoms with E-state index >= 15 is 0 Å². The molecule has 2 rings (SSSR count). The summed E-state index contributed by atoms with van der Waals surface area (Å²) < 4.78 is 5.58. The first kappa shape index (κ1) is 17.6. The van der Waals surface area contributed by atoms with Crippen molar-refractivity contribution in [2.75, 3.05) is 5.32 Å². The van der Waals surface area contributed by atoms with E-state index in [-0.39, 0.29) is 11.3 Å². The van der Waals surface area contributed by atoms with Gasteiger partial charge >= 0.3 is 5.97 Å². The van der Waals surface area contributed by atoms with Crippen molar-refractivity contribution in [1.29, 1.82) is 0 Å². The second-order valence-corrected chi connectivity index (χ2v) is 5.61. The maximum atomic E-state index is 12.2. The number of benzene rings is 2. The van der Waals surface area contributed by atoms with Gasteiger partial charge in [0.25, 0.3) is 5.91 Å². The Morgan fingerprint density at radius 3 is 2.58 bits per heavy atom. The fourth-order valence-corrected chi connectivity index (χ4v) is 2.26. The number of amides is 1. The van der Waals surface area contributed by atoms with Crippen LogP contribution in [0.5, 0.6) is 11.5 Å². The Morgan fingerprint density at radius 2 is 1.96 bits per heavy atom. The standard InChI is InChI=1S/C17H16ClNO5/c1-9-7-11(18)3-6-15(9)24-10(2)16(21)19-14-5-4-12(20)8-13(14)17(22)23/h3-8,10,20H,1-2H3,(H,19,21)(H,22,23)/p-1/t10-/m1/s1. The lowest BCUT2D eigenvalue weighted by Gasteiger charge is -2.18. The molecule has 7 heteroatoms. The Balaban J connectivity index is 2.13. The second kappa shape index (κ2) is 7.23. The molecular formula is C17H15ClNO5-. The van der Waals surface area contributed by atoms with Crippen molar-refractivity contribution in [1.82, 2.24) is 0 Å². The third-order valence-corrected chi connectivity index (χ3v) is 3.52. The van der Waals surface area contributed by atoms with E-state index < -0.39 is 23.7 Å². The zero-order valence-electron chi connectivity index (χ0n) is 13.0. The van der Waals surface area contributed by atoms with Crippen LogP contribution in [-0.2, 0) is 4.79 Å². The van der Waals surface area contributed by atoms with Crippen LogP contribution in [-0.4, -0.2) is 23.1 Å². The summed E-state index contributed by atoms with van der Waals surface area (Å²) in [5, 5.41) is 23.4. The van der Waals surface area contributed by atoms with Crippen LogP contribution >= 0.6 is 11.6 Å². The van der Waals surface area contributed by atoms with Gasteiger partial charge in [0.15, 0.2) is 6.10 Å². The van der Waals surface area contributed by atoms with E-state index in [0.29, 0.717) is 10.8 Å². The van der Waals surface area contributed by atoms with Crippen molar-refractivity contribution >= 4 is 29.2 Å². The molecule has 0 saturated carbocycles. The summed E-state index contributed by atoms with van der Waals surface area (Å²) in [7, 11) is 0. The van der Waals surface area contributed by atoms with E-state index in [4.69, 9.17) is 21.4 Å². The van der Waals surface area contributed by atoms with Crippen molar-refractivity contribution < 1.29 is 24.5 Å². The van der Waals surface area contributed by atoms with E-state index in [1.165, 1.54) is 19.1 Å². The average molecular weight is 349 g/mol. The van der Waals surface area contributed by atoms with Gasteiger partial charge in [-0.2, -0.15) is 0 Å². The zero-order valence-corrected chi connectivity index (χ0v) is 13.8. The summed E-state index contributed by atoms with van der Waals surface area (Å²) in [6.45, 7) is 3.33. The molecule has 0 unspecified atom stereocenters. The normalized spacial score (nSPS) is 11.6. The van der Waals surface area contributed by atoms with Gasteiger partial charge in [-0.05, 0) is 43.7 Å². The molecule has 0 aliphatic heterocycles. The minimum absolute atomic E-state index is 0.0374. The second-order valence-electron chi connectivity index (χ2n) is 5.17. The van der Waals surface area contributed by atoms with Crippen LogP contribution in [0.2, 0.25) is 5.02 Å². The lowest BCUT2D eigenvalue weighted by molar-refractivity contribution is -0.268. The molecular weight excluding hydrogens is 334 g/mol. The summed E-state index contributed by atoms with van der Waals surface area (Å²) in [5.41, 5.74) is 0.533. The van der Waals surface area contributed by atoms with E-state index in [2.05, 4.69) is 5.32 Å². The first-order valence-corrected chi connectivity index (χ1v) is 7.43. The van der Waals surface area contributed by atoms with Crippen LogP contribution < -0.4 is 15.2 Å². The third-order valence-electron chi connectivity index (χ3n) is 3.29. The number of carboxylic acid groups (broad SMARTS) is 1. The summed E-state index contributed by atoms with van der Waals surface area (Å²) in [6, 6.07) is 8.38. The molecule has 2 N–H and O–H groups in total.